The fourth-order valence-corrected chi connectivity index (χ4v) is 6.56. The first kappa shape index (κ1) is 28.7. The minimum absolute atomic E-state index is 0.000943. The zero-order valence-corrected chi connectivity index (χ0v) is 24.6. The predicted molar refractivity (Wildman–Crippen MR) is 168 cm³/mol. The summed E-state index contributed by atoms with van der Waals surface area (Å²) in [6.45, 7) is 2.08. The van der Waals surface area contributed by atoms with Crippen molar-refractivity contribution in [2.75, 3.05) is 26.7 Å². The molecule has 0 unspecified atom stereocenters. The van der Waals surface area contributed by atoms with Crippen LogP contribution >= 0.6 is 0 Å². The molecular formula is C35H39N5O3. The molecule has 2 amide bonds. The molecular weight excluding hydrogens is 538 g/mol. The van der Waals surface area contributed by atoms with E-state index in [1.807, 2.05) is 41.3 Å². The number of alkyl carbamates (subject to hydrolysis) is 1. The van der Waals surface area contributed by atoms with E-state index in [4.69, 9.17) is 9.72 Å². The van der Waals surface area contributed by atoms with Crippen LogP contribution in [0.1, 0.15) is 47.8 Å². The normalized spacial score (nSPS) is 20.4. The number of methoxy groups -OCH3 is 1. The van der Waals surface area contributed by atoms with E-state index in [0.717, 1.165) is 56.5 Å². The van der Waals surface area contributed by atoms with Gasteiger partial charge in [-0.15, -0.1) is 0 Å². The Bertz CT molecular complexity index is 1520. The maximum Gasteiger partial charge on any atom is 0.407 e. The Morgan fingerprint density at radius 2 is 1.58 bits per heavy atom. The van der Waals surface area contributed by atoms with Crippen molar-refractivity contribution in [3.8, 4) is 22.4 Å². The smallest absolute Gasteiger partial charge is 0.407 e. The first-order valence-electron chi connectivity index (χ1n) is 15.2. The summed E-state index contributed by atoms with van der Waals surface area (Å²) in [6.07, 6.45) is 5.91. The number of nitrogens with one attached hydrogen (secondary N) is 2. The van der Waals surface area contributed by atoms with Crippen LogP contribution in [-0.2, 0) is 11.2 Å². The molecule has 1 aromatic heterocycles. The molecule has 2 heterocycles. The Hall–Kier alpha value is -4.43. The van der Waals surface area contributed by atoms with Crippen molar-refractivity contribution >= 4 is 12.0 Å². The highest BCUT2D eigenvalue weighted by Crippen LogP contribution is 2.35. The zero-order chi connectivity index (χ0) is 29.6. The quantitative estimate of drug-likeness (QED) is 0.294. The van der Waals surface area contributed by atoms with E-state index in [1.54, 1.807) is 6.33 Å². The molecule has 8 nitrogen and oxygen atoms in total. The highest BCUT2D eigenvalue weighted by Gasteiger charge is 2.35. The Balaban J connectivity index is 1.29. The topological polar surface area (TPSA) is 88.5 Å². The average molecular weight is 578 g/mol. The standard InChI is InChI=1S/C35H39N5O3/c1-43-35(42)38-30-14-8-9-15-31(30)40-24-37-32(33(40)28-12-6-3-7-13-28)34(41)39-21-20-36-23-29(39)22-25-16-18-27(19-17-25)26-10-4-2-5-11-26/h2-7,10-13,16-19,24,29-31,36H,8-9,14-15,20-23H2,1H3,(H,38,42)/t29-,30+,31+/m1/s1. The van der Waals surface area contributed by atoms with Crippen molar-refractivity contribution in [1.29, 1.82) is 0 Å². The van der Waals surface area contributed by atoms with Crippen molar-refractivity contribution in [2.45, 2.75) is 50.2 Å². The van der Waals surface area contributed by atoms with E-state index in [2.05, 4.69) is 63.7 Å². The molecule has 0 spiro atoms. The van der Waals surface area contributed by atoms with Crippen LogP contribution in [0.4, 0.5) is 4.79 Å². The van der Waals surface area contributed by atoms with E-state index in [-0.39, 0.29) is 24.0 Å². The Morgan fingerprint density at radius 1 is 0.907 bits per heavy atom. The maximum atomic E-state index is 14.4. The minimum atomic E-state index is -0.435. The van der Waals surface area contributed by atoms with Gasteiger partial charge in [0.15, 0.2) is 5.69 Å². The van der Waals surface area contributed by atoms with Crippen LogP contribution in [-0.4, -0.2) is 65.3 Å². The number of aromatic nitrogens is 2. The molecule has 4 aromatic rings. The van der Waals surface area contributed by atoms with Crippen molar-refractivity contribution in [2.24, 2.45) is 0 Å². The van der Waals surface area contributed by atoms with E-state index >= 15 is 0 Å². The minimum Gasteiger partial charge on any atom is -0.453 e. The molecule has 43 heavy (non-hydrogen) atoms. The monoisotopic (exact) mass is 577 g/mol. The van der Waals surface area contributed by atoms with Crippen molar-refractivity contribution in [3.05, 3.63) is 103 Å². The Morgan fingerprint density at radius 3 is 2.30 bits per heavy atom. The lowest BCUT2D eigenvalue weighted by molar-refractivity contribution is 0.0631. The molecule has 3 atom stereocenters. The van der Waals surface area contributed by atoms with Gasteiger partial charge in [-0.25, -0.2) is 9.78 Å². The van der Waals surface area contributed by atoms with Crippen LogP contribution in [0, 0.1) is 0 Å². The molecule has 1 saturated heterocycles. The van der Waals surface area contributed by atoms with Gasteiger partial charge in [-0.3, -0.25) is 4.79 Å². The van der Waals surface area contributed by atoms with Gasteiger partial charge >= 0.3 is 6.09 Å². The molecule has 222 valence electrons. The second-order valence-corrected chi connectivity index (χ2v) is 11.4. The fourth-order valence-electron chi connectivity index (χ4n) is 6.56. The molecule has 1 saturated carbocycles. The molecule has 0 radical (unpaired) electrons. The largest absolute Gasteiger partial charge is 0.453 e. The molecule has 2 aliphatic rings. The van der Waals surface area contributed by atoms with E-state index in [9.17, 15) is 9.59 Å². The Labute approximate surface area is 253 Å². The van der Waals surface area contributed by atoms with Gasteiger partial charge in [0.25, 0.3) is 5.91 Å². The van der Waals surface area contributed by atoms with Crippen molar-refractivity contribution in [3.63, 3.8) is 0 Å². The van der Waals surface area contributed by atoms with Gasteiger partial charge in [0.2, 0.25) is 0 Å². The average Bonchev–Trinajstić information content (AvgIpc) is 3.51. The van der Waals surface area contributed by atoms with Crippen LogP contribution in [0.5, 0.6) is 0 Å². The first-order chi connectivity index (χ1) is 21.1. The number of amides is 2. The summed E-state index contributed by atoms with van der Waals surface area (Å²) >= 11 is 0. The number of benzene rings is 3. The molecule has 6 rings (SSSR count). The van der Waals surface area contributed by atoms with Crippen LogP contribution in [0.25, 0.3) is 22.4 Å². The lowest BCUT2D eigenvalue weighted by Crippen LogP contribution is -2.54. The van der Waals surface area contributed by atoms with E-state index in [0.29, 0.717) is 12.2 Å². The zero-order valence-electron chi connectivity index (χ0n) is 24.6. The molecule has 3 aromatic carbocycles. The van der Waals surface area contributed by atoms with Gasteiger partial charge in [-0.2, -0.15) is 0 Å². The highest BCUT2D eigenvalue weighted by molar-refractivity contribution is 5.98. The van der Waals surface area contributed by atoms with Gasteiger partial charge in [0.05, 0.1) is 31.2 Å². The third kappa shape index (κ3) is 6.34. The number of hydrogen-bond donors (Lipinski definition) is 2. The molecule has 0 bridgehead atoms. The van der Waals surface area contributed by atoms with Gasteiger partial charge < -0.3 is 24.8 Å². The number of nitrogens with zero attached hydrogens (tertiary/aromatic N) is 3. The Kier molecular flexibility index (Phi) is 8.84. The van der Waals surface area contributed by atoms with Crippen LogP contribution in [0.3, 0.4) is 0 Å². The summed E-state index contributed by atoms with van der Waals surface area (Å²) in [6, 6.07) is 28.9. The number of hydrogen-bond acceptors (Lipinski definition) is 5. The second-order valence-electron chi connectivity index (χ2n) is 11.4. The fraction of sp³-hybridized carbons (Fsp3) is 0.343. The summed E-state index contributed by atoms with van der Waals surface area (Å²) in [5, 5.41) is 6.52. The summed E-state index contributed by atoms with van der Waals surface area (Å²) in [5.74, 6) is -0.0571. The molecule has 1 aliphatic carbocycles. The van der Waals surface area contributed by atoms with Gasteiger partial charge in [-0.05, 0) is 36.0 Å². The maximum absolute atomic E-state index is 14.4. The van der Waals surface area contributed by atoms with E-state index in [1.165, 1.54) is 23.8 Å². The van der Waals surface area contributed by atoms with E-state index < -0.39 is 6.09 Å². The SMILES string of the molecule is COC(=O)N[C@H]1CCCC[C@@H]1n1cnc(C(=O)N2CCNC[C@H]2Cc2ccc(-c3ccccc3)cc2)c1-c1ccccc1. The van der Waals surface area contributed by atoms with Gasteiger partial charge in [0, 0.05) is 31.2 Å². The third-order valence-electron chi connectivity index (χ3n) is 8.76. The number of piperazine rings is 1. The number of ether oxygens (including phenoxy) is 1. The molecule has 2 N–H and O–H groups in total. The summed E-state index contributed by atoms with van der Waals surface area (Å²) in [4.78, 5) is 33.3. The van der Waals surface area contributed by atoms with Crippen LogP contribution < -0.4 is 10.6 Å². The first-order valence-corrected chi connectivity index (χ1v) is 15.2. The van der Waals surface area contributed by atoms with Crippen LogP contribution in [0.15, 0.2) is 91.3 Å². The number of carbonyl (C=O) groups excluding carboxylic acids is 2. The molecule has 1 aliphatic heterocycles. The number of rotatable bonds is 7. The van der Waals surface area contributed by atoms with Crippen molar-refractivity contribution in [1.82, 2.24) is 25.1 Å². The lowest BCUT2D eigenvalue weighted by Gasteiger charge is -2.36. The third-order valence-corrected chi connectivity index (χ3v) is 8.76. The summed E-state index contributed by atoms with van der Waals surface area (Å²) in [5.41, 5.74) is 5.77. The molecule has 2 fully saturated rings. The lowest BCUT2D eigenvalue weighted by atomic mass is 9.89. The van der Waals surface area contributed by atoms with Gasteiger partial charge in [-0.1, -0.05) is 97.8 Å². The van der Waals surface area contributed by atoms with Crippen LogP contribution in [0.2, 0.25) is 0 Å². The number of carbonyl (C=O) groups is 2. The number of imidazole rings is 1. The predicted octanol–water partition coefficient (Wildman–Crippen LogP) is 5.71. The summed E-state index contributed by atoms with van der Waals surface area (Å²) < 4.78 is 7.04. The summed E-state index contributed by atoms with van der Waals surface area (Å²) in [7, 11) is 1.39. The second kappa shape index (κ2) is 13.3. The molecule has 8 heteroatoms. The highest BCUT2D eigenvalue weighted by atomic mass is 16.5. The van der Waals surface area contributed by atoms with Crippen molar-refractivity contribution < 1.29 is 14.3 Å². The van der Waals surface area contributed by atoms with Gasteiger partial charge in [0.1, 0.15) is 0 Å².